The first-order chi connectivity index (χ1) is 26.0. The van der Waals surface area contributed by atoms with Crippen molar-refractivity contribution in [1.82, 2.24) is 9.55 Å². The molecule has 54 heavy (non-hydrogen) atoms. The highest BCUT2D eigenvalue weighted by Gasteiger charge is 2.45. The lowest BCUT2D eigenvalue weighted by atomic mass is 10.0. The Bertz CT molecular complexity index is 2410. The van der Waals surface area contributed by atoms with Crippen LogP contribution in [0.3, 0.4) is 0 Å². The van der Waals surface area contributed by atoms with Crippen molar-refractivity contribution < 1.29 is 26.3 Å². The molecule has 1 aliphatic rings. The SMILES string of the molecule is FC(F)(F)c1ccc(-c2nc(-c3ccccc3)c(-c3ccccc3)n2C2(c3ccc(C(F)(F)F)cc3)N=C(c3ccccc3)C(c3ccccc3)=N2)cc1. The van der Waals surface area contributed by atoms with Gasteiger partial charge in [0.1, 0.15) is 5.82 Å². The van der Waals surface area contributed by atoms with Crippen LogP contribution in [0.25, 0.3) is 33.9 Å². The van der Waals surface area contributed by atoms with Crippen molar-refractivity contribution in [3.8, 4) is 33.9 Å². The maximum absolute atomic E-state index is 14.0. The third-order valence-corrected chi connectivity index (χ3v) is 9.21. The Hall–Kier alpha value is -6.55. The van der Waals surface area contributed by atoms with Gasteiger partial charge in [0.15, 0.2) is 0 Å². The minimum absolute atomic E-state index is 0.204. The van der Waals surface area contributed by atoms with Crippen molar-refractivity contribution in [2.24, 2.45) is 9.98 Å². The summed E-state index contributed by atoms with van der Waals surface area (Å²) < 4.78 is 85.3. The molecular weight excluding hydrogens is 698 g/mol. The van der Waals surface area contributed by atoms with Gasteiger partial charge in [0.25, 0.3) is 5.79 Å². The van der Waals surface area contributed by atoms with Gasteiger partial charge >= 0.3 is 12.4 Å². The first-order valence-electron chi connectivity index (χ1n) is 16.9. The Morgan fingerprint density at radius 3 is 1.22 bits per heavy atom. The van der Waals surface area contributed by atoms with E-state index < -0.39 is 29.3 Å². The van der Waals surface area contributed by atoms with E-state index in [4.69, 9.17) is 15.0 Å². The summed E-state index contributed by atoms with van der Waals surface area (Å²) in [5.74, 6) is -1.64. The standard InChI is InChI=1S/C44H28F6N4/c45-42(46,47)34-23-21-33(22-24-34)41-51-39(31-17-9-3-10-18-31)40(32-19-11-4-12-20-32)54(41)44(36-27-25-35(26-28-36)43(48,49)50)52-37(29-13-5-1-6-14-29)38(53-44)30-15-7-2-8-16-30/h1-28H. The fraction of sp³-hybridized carbons (Fsp3) is 0.0682. The van der Waals surface area contributed by atoms with E-state index in [-0.39, 0.29) is 11.4 Å². The number of halogens is 6. The lowest BCUT2D eigenvalue weighted by Crippen LogP contribution is -2.31. The Morgan fingerprint density at radius 2 is 0.796 bits per heavy atom. The number of nitrogens with zero attached hydrogens (tertiary/aromatic N) is 4. The van der Waals surface area contributed by atoms with Crippen LogP contribution in [0.2, 0.25) is 0 Å². The second-order valence-corrected chi connectivity index (χ2v) is 12.6. The van der Waals surface area contributed by atoms with Crippen LogP contribution in [-0.4, -0.2) is 21.0 Å². The monoisotopic (exact) mass is 726 g/mol. The van der Waals surface area contributed by atoms with E-state index in [1.165, 1.54) is 24.3 Å². The number of hydrogen-bond donors (Lipinski definition) is 0. The Kier molecular flexibility index (Phi) is 8.60. The normalized spacial score (nSPS) is 14.1. The maximum atomic E-state index is 14.0. The minimum Gasteiger partial charge on any atom is -0.275 e. The van der Waals surface area contributed by atoms with Gasteiger partial charge in [-0.3, -0.25) is 4.57 Å². The van der Waals surface area contributed by atoms with Gasteiger partial charge < -0.3 is 0 Å². The van der Waals surface area contributed by atoms with Crippen molar-refractivity contribution >= 4 is 11.4 Å². The zero-order chi connectivity index (χ0) is 37.5. The summed E-state index contributed by atoms with van der Waals surface area (Å²) in [5, 5.41) is 0. The molecule has 8 rings (SSSR count). The van der Waals surface area contributed by atoms with Crippen molar-refractivity contribution in [1.29, 1.82) is 0 Å². The fourth-order valence-electron chi connectivity index (χ4n) is 6.66. The van der Waals surface area contributed by atoms with E-state index in [0.717, 1.165) is 24.3 Å². The molecule has 1 aromatic heterocycles. The van der Waals surface area contributed by atoms with Crippen LogP contribution in [0.4, 0.5) is 26.3 Å². The predicted octanol–water partition coefficient (Wildman–Crippen LogP) is 11.6. The number of rotatable bonds is 7. The van der Waals surface area contributed by atoms with Gasteiger partial charge in [-0.25, -0.2) is 15.0 Å². The highest BCUT2D eigenvalue weighted by atomic mass is 19.4. The average molecular weight is 727 g/mol. The molecule has 0 amide bonds. The molecule has 4 nitrogen and oxygen atoms in total. The number of benzene rings is 6. The maximum Gasteiger partial charge on any atom is 0.416 e. The number of alkyl halides is 6. The van der Waals surface area contributed by atoms with Crippen LogP contribution in [0.5, 0.6) is 0 Å². The molecule has 266 valence electrons. The number of aromatic nitrogens is 2. The summed E-state index contributed by atoms with van der Waals surface area (Å²) in [7, 11) is 0. The molecule has 0 fully saturated rings. The zero-order valence-electron chi connectivity index (χ0n) is 28.2. The topological polar surface area (TPSA) is 42.5 Å². The van der Waals surface area contributed by atoms with E-state index in [1.54, 1.807) is 4.57 Å². The molecule has 10 heteroatoms. The lowest BCUT2D eigenvalue weighted by molar-refractivity contribution is -0.138. The first-order valence-corrected chi connectivity index (χ1v) is 16.9. The average Bonchev–Trinajstić information content (AvgIpc) is 3.80. The van der Waals surface area contributed by atoms with Crippen molar-refractivity contribution in [2.45, 2.75) is 18.1 Å². The van der Waals surface area contributed by atoms with Gasteiger partial charge in [-0.05, 0) is 24.3 Å². The Balaban J connectivity index is 1.54. The van der Waals surface area contributed by atoms with E-state index in [2.05, 4.69) is 0 Å². The second kappa shape index (κ2) is 13.5. The molecule has 0 atom stereocenters. The Morgan fingerprint density at radius 1 is 0.407 bits per heavy atom. The highest BCUT2D eigenvalue weighted by Crippen LogP contribution is 2.47. The molecule has 0 saturated heterocycles. The van der Waals surface area contributed by atoms with Gasteiger partial charge in [0, 0.05) is 33.4 Å². The summed E-state index contributed by atoms with van der Waals surface area (Å²) in [4.78, 5) is 15.9. The third-order valence-electron chi connectivity index (χ3n) is 9.21. The van der Waals surface area contributed by atoms with Crippen LogP contribution in [0, 0.1) is 0 Å². The lowest BCUT2D eigenvalue weighted by Gasteiger charge is -2.30. The van der Waals surface area contributed by atoms with E-state index in [0.29, 0.717) is 50.6 Å². The minimum atomic E-state index is -4.62. The van der Waals surface area contributed by atoms with Crippen LogP contribution in [0.1, 0.15) is 27.8 Å². The quantitative estimate of drug-likeness (QED) is 0.151. The van der Waals surface area contributed by atoms with E-state index >= 15 is 0 Å². The fourth-order valence-corrected chi connectivity index (χ4v) is 6.66. The molecular formula is C44H28F6N4. The van der Waals surface area contributed by atoms with Gasteiger partial charge in [-0.1, -0.05) is 146 Å². The summed E-state index contributed by atoms with van der Waals surface area (Å²) in [6.07, 6.45) is -9.20. The summed E-state index contributed by atoms with van der Waals surface area (Å²) in [6, 6.07) is 46.5. The van der Waals surface area contributed by atoms with Crippen LogP contribution in [-0.2, 0) is 18.1 Å². The van der Waals surface area contributed by atoms with Crippen molar-refractivity contribution in [3.63, 3.8) is 0 Å². The van der Waals surface area contributed by atoms with E-state index in [1.807, 2.05) is 121 Å². The highest BCUT2D eigenvalue weighted by molar-refractivity contribution is 6.54. The molecule has 7 aromatic rings. The summed E-state index contributed by atoms with van der Waals surface area (Å²) in [6.45, 7) is 0. The molecule has 0 bridgehead atoms. The van der Waals surface area contributed by atoms with Crippen LogP contribution in [0.15, 0.2) is 180 Å². The van der Waals surface area contributed by atoms with E-state index in [9.17, 15) is 26.3 Å². The number of aliphatic imine (C=N–C) groups is 2. The summed E-state index contributed by atoms with van der Waals surface area (Å²) in [5.41, 5.74) is 3.58. The van der Waals surface area contributed by atoms with Gasteiger partial charge in [0.2, 0.25) is 0 Å². The van der Waals surface area contributed by atoms with Crippen molar-refractivity contribution in [2.75, 3.05) is 0 Å². The largest absolute Gasteiger partial charge is 0.416 e. The van der Waals surface area contributed by atoms with Gasteiger partial charge in [-0.15, -0.1) is 0 Å². The number of imidazole rings is 1. The first kappa shape index (κ1) is 34.5. The number of hydrogen-bond acceptors (Lipinski definition) is 3. The third kappa shape index (κ3) is 6.29. The van der Waals surface area contributed by atoms with Crippen LogP contribution < -0.4 is 0 Å². The van der Waals surface area contributed by atoms with Gasteiger partial charge in [-0.2, -0.15) is 26.3 Å². The van der Waals surface area contributed by atoms with Crippen LogP contribution >= 0.6 is 0 Å². The molecule has 6 aromatic carbocycles. The molecule has 0 saturated carbocycles. The molecule has 0 radical (unpaired) electrons. The predicted molar refractivity (Wildman–Crippen MR) is 198 cm³/mol. The molecule has 0 aliphatic carbocycles. The molecule has 2 heterocycles. The molecule has 0 unspecified atom stereocenters. The molecule has 0 spiro atoms. The van der Waals surface area contributed by atoms with Gasteiger partial charge in [0.05, 0.1) is 33.9 Å². The molecule has 1 aliphatic heterocycles. The molecule has 0 N–H and O–H groups in total. The zero-order valence-corrected chi connectivity index (χ0v) is 28.2. The van der Waals surface area contributed by atoms with Crippen molar-refractivity contribution in [3.05, 3.63) is 198 Å². The Labute approximate surface area is 306 Å². The second-order valence-electron chi connectivity index (χ2n) is 12.6. The smallest absolute Gasteiger partial charge is 0.275 e. The summed E-state index contributed by atoms with van der Waals surface area (Å²) >= 11 is 0.